The Kier molecular flexibility index (Phi) is 10.1. The number of benzene rings is 1. The number of anilines is 1. The number of rotatable bonds is 12. The van der Waals surface area contributed by atoms with Crippen molar-refractivity contribution in [1.29, 1.82) is 0 Å². The number of esters is 1. The molecule has 2 aromatic rings. The van der Waals surface area contributed by atoms with Crippen LogP contribution in [0.3, 0.4) is 0 Å². The predicted molar refractivity (Wildman–Crippen MR) is 126 cm³/mol. The van der Waals surface area contributed by atoms with E-state index in [9.17, 15) is 14.4 Å². The van der Waals surface area contributed by atoms with Gasteiger partial charge in [-0.1, -0.05) is 58.1 Å². The molecule has 0 radical (unpaired) electrons. The van der Waals surface area contributed by atoms with Crippen molar-refractivity contribution in [1.82, 2.24) is 9.78 Å². The lowest BCUT2D eigenvalue weighted by molar-refractivity contribution is 0.0601. The van der Waals surface area contributed by atoms with Gasteiger partial charge in [0.1, 0.15) is 5.69 Å². The lowest BCUT2D eigenvalue weighted by atomic mass is 10.0. The van der Waals surface area contributed by atoms with E-state index in [-0.39, 0.29) is 23.2 Å². The number of aryl methyl sites for hydroxylation is 1. The summed E-state index contributed by atoms with van der Waals surface area (Å²) in [5.41, 5.74) is 0.758. The molecule has 2 rings (SSSR count). The number of unbranched alkanes of at least 4 members (excludes halogenated alkanes) is 4. The third-order valence-electron chi connectivity index (χ3n) is 5.51. The highest BCUT2D eigenvalue weighted by Crippen LogP contribution is 2.27. The highest BCUT2D eigenvalue weighted by atomic mass is 16.5. The van der Waals surface area contributed by atoms with E-state index in [1.807, 2.05) is 13.8 Å². The van der Waals surface area contributed by atoms with Gasteiger partial charge < -0.3 is 9.64 Å². The number of hydrogen-bond donors (Lipinski definition) is 0. The second-order valence-corrected chi connectivity index (χ2v) is 8.02. The summed E-state index contributed by atoms with van der Waals surface area (Å²) in [6.07, 6.45) is 6.84. The van der Waals surface area contributed by atoms with Gasteiger partial charge >= 0.3 is 5.97 Å². The van der Waals surface area contributed by atoms with Crippen molar-refractivity contribution >= 4 is 17.6 Å². The van der Waals surface area contributed by atoms with Crippen molar-refractivity contribution in [2.45, 2.75) is 78.3 Å². The molecule has 0 saturated heterocycles. The molecule has 1 heterocycles. The van der Waals surface area contributed by atoms with Crippen molar-refractivity contribution in [2.24, 2.45) is 0 Å². The summed E-state index contributed by atoms with van der Waals surface area (Å²) in [6.45, 7) is 6.63. The van der Waals surface area contributed by atoms with Crippen molar-refractivity contribution in [3.8, 4) is 0 Å². The fourth-order valence-corrected chi connectivity index (χ4v) is 3.66. The molecule has 7 heteroatoms. The smallest absolute Gasteiger partial charge is 0.339 e. The molecule has 0 aliphatic heterocycles. The Bertz CT molecular complexity index is 954. The lowest BCUT2D eigenvalue weighted by Crippen LogP contribution is -2.41. The standard InChI is InChI=1S/C25H35N3O4/c1-5-7-9-10-13-19(3)28(22-15-12-11-14-20(22)25(31)32-4)24(30)21-16-17-23(29)27(26-21)18-8-6-2/h11-12,14-17,19H,5-10,13,18H2,1-4H3/t19-/m0/s1. The van der Waals surface area contributed by atoms with Crippen LogP contribution < -0.4 is 10.5 Å². The zero-order chi connectivity index (χ0) is 23.5. The molecule has 7 nitrogen and oxygen atoms in total. The van der Waals surface area contributed by atoms with E-state index in [4.69, 9.17) is 4.74 Å². The minimum Gasteiger partial charge on any atom is -0.465 e. The van der Waals surface area contributed by atoms with Crippen LogP contribution in [-0.2, 0) is 11.3 Å². The first kappa shape index (κ1) is 25.3. The SMILES string of the molecule is CCCCCC[C@H](C)N(C(=O)c1ccc(=O)n(CCCC)n1)c1ccccc1C(=O)OC. The minimum absolute atomic E-state index is 0.164. The summed E-state index contributed by atoms with van der Waals surface area (Å²) >= 11 is 0. The zero-order valence-corrected chi connectivity index (χ0v) is 19.7. The largest absolute Gasteiger partial charge is 0.465 e. The Labute approximate surface area is 190 Å². The van der Waals surface area contributed by atoms with E-state index in [0.29, 0.717) is 17.8 Å². The van der Waals surface area contributed by atoms with Crippen LogP contribution in [-0.4, -0.2) is 34.8 Å². The summed E-state index contributed by atoms with van der Waals surface area (Å²) in [6, 6.07) is 9.62. The third kappa shape index (κ3) is 6.52. The Morgan fingerprint density at radius 2 is 1.75 bits per heavy atom. The molecule has 0 N–H and O–H groups in total. The Hall–Kier alpha value is -2.96. The first-order valence-electron chi connectivity index (χ1n) is 11.5. The van der Waals surface area contributed by atoms with Crippen LogP contribution >= 0.6 is 0 Å². The van der Waals surface area contributed by atoms with E-state index in [0.717, 1.165) is 44.9 Å². The number of carbonyl (C=O) groups excluding carboxylic acids is 2. The number of aromatic nitrogens is 2. The van der Waals surface area contributed by atoms with E-state index >= 15 is 0 Å². The number of para-hydroxylation sites is 1. The quantitative estimate of drug-likeness (QED) is 0.348. The van der Waals surface area contributed by atoms with E-state index < -0.39 is 5.97 Å². The molecule has 0 unspecified atom stereocenters. The molecule has 0 saturated carbocycles. The molecule has 0 aliphatic carbocycles. The molecule has 1 amide bonds. The minimum atomic E-state index is -0.502. The van der Waals surface area contributed by atoms with Gasteiger partial charge in [0.05, 0.1) is 18.4 Å². The fraction of sp³-hybridized carbons (Fsp3) is 0.520. The monoisotopic (exact) mass is 441 g/mol. The maximum atomic E-state index is 13.7. The summed E-state index contributed by atoms with van der Waals surface area (Å²) < 4.78 is 6.29. The van der Waals surface area contributed by atoms with E-state index in [1.165, 1.54) is 23.9 Å². The highest BCUT2D eigenvalue weighted by Gasteiger charge is 2.28. The van der Waals surface area contributed by atoms with E-state index in [2.05, 4.69) is 12.0 Å². The highest BCUT2D eigenvalue weighted by molar-refractivity contribution is 6.09. The number of ether oxygens (including phenoxy) is 1. The summed E-state index contributed by atoms with van der Waals surface area (Å²) in [5.74, 6) is -0.841. The van der Waals surface area contributed by atoms with Crippen LogP contribution in [0.15, 0.2) is 41.2 Å². The molecule has 174 valence electrons. The molecule has 0 aliphatic rings. The van der Waals surface area contributed by atoms with Gasteiger partial charge in [0.2, 0.25) is 0 Å². The fourth-order valence-electron chi connectivity index (χ4n) is 3.66. The molecular weight excluding hydrogens is 406 g/mol. The number of amides is 1. The molecule has 1 atom stereocenters. The van der Waals surface area contributed by atoms with Crippen LogP contribution in [0.4, 0.5) is 5.69 Å². The number of hydrogen-bond acceptors (Lipinski definition) is 5. The zero-order valence-electron chi connectivity index (χ0n) is 19.7. The van der Waals surface area contributed by atoms with Crippen LogP contribution in [0.1, 0.15) is 86.6 Å². The molecular formula is C25H35N3O4. The van der Waals surface area contributed by atoms with Crippen LogP contribution in [0, 0.1) is 0 Å². The van der Waals surface area contributed by atoms with Crippen LogP contribution in [0.5, 0.6) is 0 Å². The molecule has 0 bridgehead atoms. The van der Waals surface area contributed by atoms with Crippen molar-refractivity contribution in [3.63, 3.8) is 0 Å². The van der Waals surface area contributed by atoms with Gasteiger partial charge in [0.25, 0.3) is 11.5 Å². The third-order valence-corrected chi connectivity index (χ3v) is 5.51. The average molecular weight is 442 g/mol. The van der Waals surface area contributed by atoms with Gasteiger partial charge in [-0.25, -0.2) is 9.48 Å². The number of methoxy groups -OCH3 is 1. The van der Waals surface area contributed by atoms with Gasteiger partial charge in [-0.15, -0.1) is 0 Å². The van der Waals surface area contributed by atoms with Crippen LogP contribution in [0.2, 0.25) is 0 Å². The van der Waals surface area contributed by atoms with Gasteiger partial charge in [-0.2, -0.15) is 5.10 Å². The Morgan fingerprint density at radius 1 is 1.03 bits per heavy atom. The van der Waals surface area contributed by atoms with Gasteiger partial charge in [0, 0.05) is 18.7 Å². The Morgan fingerprint density at radius 3 is 2.44 bits per heavy atom. The van der Waals surface area contributed by atoms with Crippen molar-refractivity contribution < 1.29 is 14.3 Å². The number of nitrogens with zero attached hydrogens (tertiary/aromatic N) is 3. The Balaban J connectivity index is 2.46. The van der Waals surface area contributed by atoms with Crippen LogP contribution in [0.25, 0.3) is 0 Å². The predicted octanol–water partition coefficient (Wildman–Crippen LogP) is 4.84. The van der Waals surface area contributed by atoms with Gasteiger partial charge in [0.15, 0.2) is 0 Å². The second kappa shape index (κ2) is 12.8. The molecule has 1 aromatic heterocycles. The van der Waals surface area contributed by atoms with Gasteiger partial charge in [-0.3, -0.25) is 9.59 Å². The van der Waals surface area contributed by atoms with E-state index in [1.54, 1.807) is 29.2 Å². The first-order valence-corrected chi connectivity index (χ1v) is 11.5. The maximum absolute atomic E-state index is 13.7. The molecule has 1 aromatic carbocycles. The molecule has 0 fully saturated rings. The lowest BCUT2D eigenvalue weighted by Gasteiger charge is -2.30. The second-order valence-electron chi connectivity index (χ2n) is 8.02. The van der Waals surface area contributed by atoms with Gasteiger partial charge in [-0.05, 0) is 38.0 Å². The van der Waals surface area contributed by atoms with Crippen molar-refractivity contribution in [2.75, 3.05) is 12.0 Å². The summed E-state index contributed by atoms with van der Waals surface area (Å²) in [5, 5.41) is 4.34. The number of carbonyl (C=O) groups is 2. The first-order chi connectivity index (χ1) is 15.4. The maximum Gasteiger partial charge on any atom is 0.339 e. The summed E-state index contributed by atoms with van der Waals surface area (Å²) in [4.78, 5) is 39.9. The average Bonchev–Trinajstić information content (AvgIpc) is 2.81. The summed E-state index contributed by atoms with van der Waals surface area (Å²) in [7, 11) is 1.32. The molecule has 0 spiro atoms. The molecule has 32 heavy (non-hydrogen) atoms. The topological polar surface area (TPSA) is 81.5 Å². The van der Waals surface area contributed by atoms with Crippen molar-refractivity contribution in [3.05, 3.63) is 58.0 Å². The normalized spacial score (nSPS) is 11.8.